The standard InChI is InChI=1S/C35H50ClN2O2S/c1-4-6-7-8-9-10-11-12-13-14-15-16-23-40-34-22-19-31(24-33(34)36)27-38(35(39)5-2)32-20-17-30(18-21-32)26-37-25-29(3)41-28-37/h17-22,24-25,28H,4-16,23,26-27H2,1-3H3/q+1. The molecular weight excluding hydrogens is 548 g/mol. The van der Waals surface area contributed by atoms with E-state index in [1.54, 1.807) is 11.3 Å². The molecule has 0 radical (unpaired) electrons. The lowest BCUT2D eigenvalue weighted by Gasteiger charge is -2.23. The Hall–Kier alpha value is -2.37. The number of hydrogen-bond acceptors (Lipinski definition) is 3. The number of rotatable bonds is 20. The summed E-state index contributed by atoms with van der Waals surface area (Å²) in [7, 11) is 0. The Kier molecular flexibility index (Phi) is 15.3. The largest absolute Gasteiger partial charge is 0.492 e. The molecule has 41 heavy (non-hydrogen) atoms. The lowest BCUT2D eigenvalue weighted by Crippen LogP contribution is -2.31. The molecule has 1 aromatic heterocycles. The summed E-state index contributed by atoms with van der Waals surface area (Å²) >= 11 is 8.34. The molecule has 0 bridgehead atoms. The van der Waals surface area contributed by atoms with Crippen molar-refractivity contribution in [2.75, 3.05) is 11.5 Å². The molecule has 0 unspecified atom stereocenters. The first-order chi connectivity index (χ1) is 20.0. The molecule has 0 saturated carbocycles. The van der Waals surface area contributed by atoms with Crippen LogP contribution in [0.4, 0.5) is 5.69 Å². The number of amides is 1. The maximum atomic E-state index is 12.9. The van der Waals surface area contributed by atoms with E-state index in [2.05, 4.69) is 42.3 Å². The number of aromatic nitrogens is 1. The van der Waals surface area contributed by atoms with E-state index in [0.29, 0.717) is 24.6 Å². The topological polar surface area (TPSA) is 33.4 Å². The predicted molar refractivity (Wildman–Crippen MR) is 174 cm³/mol. The molecule has 0 spiro atoms. The van der Waals surface area contributed by atoms with Gasteiger partial charge >= 0.3 is 0 Å². The summed E-state index contributed by atoms with van der Waals surface area (Å²) in [6.07, 6.45) is 18.5. The summed E-state index contributed by atoms with van der Waals surface area (Å²) in [5, 5.41) is 0.601. The Bertz CT molecular complexity index is 1160. The molecule has 0 aliphatic heterocycles. The molecule has 0 aliphatic rings. The van der Waals surface area contributed by atoms with Gasteiger partial charge in [-0.2, -0.15) is 4.57 Å². The van der Waals surface area contributed by atoms with Gasteiger partial charge in [-0.3, -0.25) is 4.79 Å². The van der Waals surface area contributed by atoms with Crippen molar-refractivity contribution >= 4 is 34.5 Å². The average molecular weight is 598 g/mol. The van der Waals surface area contributed by atoms with Gasteiger partial charge in [0.1, 0.15) is 5.75 Å². The third kappa shape index (κ3) is 12.2. The molecule has 2 aromatic carbocycles. The lowest BCUT2D eigenvalue weighted by atomic mass is 10.1. The number of hydrogen-bond donors (Lipinski definition) is 0. The van der Waals surface area contributed by atoms with Gasteiger partial charge in [-0.05, 0) is 43.2 Å². The van der Waals surface area contributed by atoms with Crippen LogP contribution in [0, 0.1) is 6.92 Å². The van der Waals surface area contributed by atoms with E-state index in [4.69, 9.17) is 16.3 Å². The molecule has 0 fully saturated rings. The zero-order valence-corrected chi connectivity index (χ0v) is 27.1. The summed E-state index contributed by atoms with van der Waals surface area (Å²) in [6, 6.07) is 14.2. The zero-order valence-electron chi connectivity index (χ0n) is 25.5. The van der Waals surface area contributed by atoms with Crippen LogP contribution in [-0.4, -0.2) is 12.5 Å². The van der Waals surface area contributed by atoms with Gasteiger partial charge in [-0.1, -0.05) is 126 Å². The van der Waals surface area contributed by atoms with Gasteiger partial charge in [-0.25, -0.2) is 0 Å². The minimum Gasteiger partial charge on any atom is -0.492 e. The van der Waals surface area contributed by atoms with E-state index in [1.807, 2.05) is 42.2 Å². The maximum Gasteiger partial charge on any atom is 0.227 e. The number of unbranched alkanes of at least 4 members (excludes halogenated alkanes) is 11. The van der Waals surface area contributed by atoms with E-state index in [-0.39, 0.29) is 5.91 Å². The molecule has 0 atom stereocenters. The van der Waals surface area contributed by atoms with Crippen molar-refractivity contribution in [3.05, 3.63) is 75.2 Å². The summed E-state index contributed by atoms with van der Waals surface area (Å²) in [6.45, 7) is 8.27. The molecule has 0 aliphatic carbocycles. The Morgan fingerprint density at radius 2 is 1.46 bits per heavy atom. The minimum absolute atomic E-state index is 0.0870. The number of nitrogens with zero attached hydrogens (tertiary/aromatic N) is 2. The van der Waals surface area contributed by atoms with Crippen LogP contribution in [0.1, 0.15) is 113 Å². The summed E-state index contributed by atoms with van der Waals surface area (Å²) in [5.41, 5.74) is 5.22. The van der Waals surface area contributed by atoms with Gasteiger partial charge in [0, 0.05) is 17.7 Å². The molecule has 3 rings (SSSR count). The van der Waals surface area contributed by atoms with Crippen molar-refractivity contribution in [3.8, 4) is 5.75 Å². The number of aryl methyl sites for hydroxylation is 1. The normalized spacial score (nSPS) is 11.1. The minimum atomic E-state index is 0.0870. The Morgan fingerprint density at radius 3 is 2.02 bits per heavy atom. The van der Waals surface area contributed by atoms with E-state index >= 15 is 0 Å². The van der Waals surface area contributed by atoms with Crippen LogP contribution in [0.25, 0.3) is 0 Å². The van der Waals surface area contributed by atoms with Crippen molar-refractivity contribution in [1.29, 1.82) is 0 Å². The van der Waals surface area contributed by atoms with Gasteiger partial charge < -0.3 is 9.64 Å². The predicted octanol–water partition coefficient (Wildman–Crippen LogP) is 10.1. The van der Waals surface area contributed by atoms with Crippen LogP contribution in [0.3, 0.4) is 0 Å². The number of anilines is 1. The SMILES string of the molecule is CCCCCCCCCCCCCCOc1ccc(CN(C(=O)CC)c2ccc(C[n+]3csc(C)c3)cc2)cc1Cl. The van der Waals surface area contributed by atoms with Crippen LogP contribution in [0.2, 0.25) is 5.02 Å². The van der Waals surface area contributed by atoms with Crippen molar-refractivity contribution in [1.82, 2.24) is 0 Å². The van der Waals surface area contributed by atoms with E-state index < -0.39 is 0 Å². The van der Waals surface area contributed by atoms with Gasteiger partial charge in [0.25, 0.3) is 0 Å². The first kappa shape index (κ1) is 33.1. The second kappa shape index (κ2) is 18.9. The van der Waals surface area contributed by atoms with Gasteiger partial charge in [0.15, 0.2) is 12.7 Å². The molecule has 0 N–H and O–H groups in total. The quantitative estimate of drug-likeness (QED) is 0.0958. The average Bonchev–Trinajstić information content (AvgIpc) is 3.39. The van der Waals surface area contributed by atoms with E-state index in [1.165, 1.54) is 81.1 Å². The van der Waals surface area contributed by atoms with Crippen molar-refractivity contribution < 1.29 is 14.1 Å². The molecule has 1 heterocycles. The molecule has 3 aromatic rings. The van der Waals surface area contributed by atoms with Crippen LogP contribution < -0.4 is 14.2 Å². The second-order valence-electron chi connectivity index (χ2n) is 11.1. The number of halogens is 1. The summed E-state index contributed by atoms with van der Waals surface area (Å²) in [4.78, 5) is 16.0. The first-order valence-electron chi connectivity index (χ1n) is 15.7. The fraction of sp³-hybridized carbons (Fsp3) is 0.543. The molecule has 4 nitrogen and oxygen atoms in total. The highest BCUT2D eigenvalue weighted by Gasteiger charge is 2.16. The highest BCUT2D eigenvalue weighted by Crippen LogP contribution is 2.28. The Balaban J connectivity index is 1.40. The van der Waals surface area contributed by atoms with E-state index in [0.717, 1.165) is 30.0 Å². The Morgan fingerprint density at radius 1 is 0.854 bits per heavy atom. The zero-order chi connectivity index (χ0) is 29.3. The number of carbonyl (C=O) groups excluding carboxylic acids is 1. The number of thiazole rings is 1. The monoisotopic (exact) mass is 597 g/mol. The second-order valence-corrected chi connectivity index (χ2v) is 12.6. The van der Waals surface area contributed by atoms with E-state index in [9.17, 15) is 4.79 Å². The van der Waals surface area contributed by atoms with Crippen molar-refractivity contribution in [2.45, 2.75) is 117 Å². The van der Waals surface area contributed by atoms with Gasteiger partial charge in [0.05, 0.1) is 23.1 Å². The molecule has 6 heteroatoms. The Labute approximate surface area is 257 Å². The summed E-state index contributed by atoms with van der Waals surface area (Å²) in [5.74, 6) is 0.807. The molecule has 1 amide bonds. The third-order valence-electron chi connectivity index (χ3n) is 7.53. The first-order valence-corrected chi connectivity index (χ1v) is 17.0. The molecular formula is C35H50ClN2O2S+. The van der Waals surface area contributed by atoms with Gasteiger partial charge in [-0.15, -0.1) is 0 Å². The molecule has 0 saturated heterocycles. The third-order valence-corrected chi connectivity index (χ3v) is 8.68. The highest BCUT2D eigenvalue weighted by molar-refractivity contribution is 7.09. The van der Waals surface area contributed by atoms with Crippen LogP contribution in [0.5, 0.6) is 5.75 Å². The van der Waals surface area contributed by atoms with Crippen LogP contribution in [-0.2, 0) is 17.9 Å². The smallest absolute Gasteiger partial charge is 0.227 e. The van der Waals surface area contributed by atoms with Crippen LogP contribution >= 0.6 is 22.9 Å². The fourth-order valence-electron chi connectivity index (χ4n) is 5.10. The van der Waals surface area contributed by atoms with Crippen molar-refractivity contribution in [3.63, 3.8) is 0 Å². The van der Waals surface area contributed by atoms with Crippen LogP contribution in [0.15, 0.2) is 54.2 Å². The lowest BCUT2D eigenvalue weighted by molar-refractivity contribution is -0.683. The number of benzene rings is 2. The summed E-state index contributed by atoms with van der Waals surface area (Å²) < 4.78 is 8.18. The number of carbonyl (C=O) groups is 1. The maximum absolute atomic E-state index is 12.9. The fourth-order valence-corrected chi connectivity index (χ4v) is 5.99. The molecule has 224 valence electrons. The van der Waals surface area contributed by atoms with Gasteiger partial charge in [0.2, 0.25) is 11.4 Å². The number of ether oxygens (including phenoxy) is 1. The highest BCUT2D eigenvalue weighted by atomic mass is 35.5. The van der Waals surface area contributed by atoms with Crippen molar-refractivity contribution in [2.24, 2.45) is 0 Å².